The Hall–Kier alpha value is -0.530. The van der Waals surface area contributed by atoms with E-state index in [1.165, 1.54) is 32.1 Å². The molecule has 2 nitrogen and oxygen atoms in total. The SMILES string of the molecule is CNC(=O)C1CC2CC1C1CCCC21. The van der Waals surface area contributed by atoms with Crippen LogP contribution in [0.3, 0.4) is 0 Å². The highest BCUT2D eigenvalue weighted by Gasteiger charge is 2.55. The average Bonchev–Trinajstić information content (AvgIpc) is 2.86. The number of carbonyl (C=O) groups excluding carboxylic acids is 1. The zero-order valence-electron chi connectivity index (χ0n) is 8.83. The minimum absolute atomic E-state index is 0.308. The summed E-state index contributed by atoms with van der Waals surface area (Å²) in [5.41, 5.74) is 0. The molecular formula is C12H19NO. The molecule has 3 fully saturated rings. The van der Waals surface area contributed by atoms with Gasteiger partial charge in [0, 0.05) is 13.0 Å². The zero-order valence-corrected chi connectivity index (χ0v) is 8.83. The van der Waals surface area contributed by atoms with E-state index in [1.807, 2.05) is 0 Å². The average molecular weight is 193 g/mol. The van der Waals surface area contributed by atoms with E-state index in [0.29, 0.717) is 11.8 Å². The Morgan fingerprint density at radius 3 is 2.71 bits per heavy atom. The third-order valence-electron chi connectivity index (χ3n) is 5.01. The van der Waals surface area contributed by atoms with Crippen LogP contribution in [0.2, 0.25) is 0 Å². The van der Waals surface area contributed by atoms with Gasteiger partial charge in [-0.3, -0.25) is 4.79 Å². The summed E-state index contributed by atoms with van der Waals surface area (Å²) < 4.78 is 0. The third-order valence-corrected chi connectivity index (χ3v) is 5.01. The first-order valence-corrected chi connectivity index (χ1v) is 6.03. The molecule has 78 valence electrons. The van der Waals surface area contributed by atoms with Crippen molar-refractivity contribution in [2.45, 2.75) is 32.1 Å². The van der Waals surface area contributed by atoms with Gasteiger partial charge in [-0.1, -0.05) is 6.42 Å². The monoisotopic (exact) mass is 193 g/mol. The molecule has 0 aromatic rings. The van der Waals surface area contributed by atoms with Crippen molar-refractivity contribution in [2.24, 2.45) is 29.6 Å². The lowest BCUT2D eigenvalue weighted by Crippen LogP contribution is -2.35. The highest BCUT2D eigenvalue weighted by Crippen LogP contribution is 2.60. The Balaban J connectivity index is 1.80. The second-order valence-electron chi connectivity index (χ2n) is 5.37. The Morgan fingerprint density at radius 1 is 1.14 bits per heavy atom. The maximum Gasteiger partial charge on any atom is 0.223 e. The van der Waals surface area contributed by atoms with E-state index in [9.17, 15) is 4.79 Å². The van der Waals surface area contributed by atoms with Crippen molar-refractivity contribution in [2.75, 3.05) is 7.05 Å². The number of rotatable bonds is 1. The molecule has 0 aromatic carbocycles. The number of hydrogen-bond acceptors (Lipinski definition) is 1. The van der Waals surface area contributed by atoms with Crippen molar-refractivity contribution in [3.05, 3.63) is 0 Å². The van der Waals surface area contributed by atoms with Gasteiger partial charge in [-0.25, -0.2) is 0 Å². The minimum Gasteiger partial charge on any atom is -0.359 e. The van der Waals surface area contributed by atoms with Crippen molar-refractivity contribution in [3.8, 4) is 0 Å². The molecule has 3 aliphatic carbocycles. The van der Waals surface area contributed by atoms with E-state index in [0.717, 1.165) is 23.7 Å². The summed E-state index contributed by atoms with van der Waals surface area (Å²) in [7, 11) is 1.78. The van der Waals surface area contributed by atoms with Gasteiger partial charge < -0.3 is 5.32 Å². The number of carbonyl (C=O) groups is 1. The maximum absolute atomic E-state index is 11.7. The van der Waals surface area contributed by atoms with Crippen LogP contribution in [0, 0.1) is 29.6 Å². The van der Waals surface area contributed by atoms with E-state index in [1.54, 1.807) is 7.05 Å². The molecule has 3 rings (SSSR count). The van der Waals surface area contributed by atoms with Gasteiger partial charge in [0.25, 0.3) is 0 Å². The van der Waals surface area contributed by atoms with Crippen LogP contribution in [0.4, 0.5) is 0 Å². The highest BCUT2D eigenvalue weighted by atomic mass is 16.1. The normalized spacial score (nSPS) is 49.4. The van der Waals surface area contributed by atoms with Crippen LogP contribution in [0.15, 0.2) is 0 Å². The van der Waals surface area contributed by atoms with Gasteiger partial charge in [0.15, 0.2) is 0 Å². The lowest BCUT2D eigenvalue weighted by Gasteiger charge is -2.30. The lowest BCUT2D eigenvalue weighted by molar-refractivity contribution is -0.127. The van der Waals surface area contributed by atoms with Crippen molar-refractivity contribution < 1.29 is 4.79 Å². The van der Waals surface area contributed by atoms with Crippen LogP contribution < -0.4 is 5.32 Å². The van der Waals surface area contributed by atoms with Gasteiger partial charge in [-0.05, 0) is 49.4 Å². The zero-order chi connectivity index (χ0) is 9.71. The molecule has 2 heteroatoms. The molecule has 3 aliphatic rings. The fourth-order valence-electron chi connectivity index (χ4n) is 4.55. The molecule has 3 saturated carbocycles. The summed E-state index contributed by atoms with van der Waals surface area (Å²) in [5, 5.41) is 2.83. The molecule has 5 unspecified atom stereocenters. The van der Waals surface area contributed by atoms with Crippen LogP contribution in [0.5, 0.6) is 0 Å². The summed E-state index contributed by atoms with van der Waals surface area (Å²) in [6.45, 7) is 0. The minimum atomic E-state index is 0.308. The van der Waals surface area contributed by atoms with Gasteiger partial charge in [-0.2, -0.15) is 0 Å². The van der Waals surface area contributed by atoms with E-state index >= 15 is 0 Å². The van der Waals surface area contributed by atoms with Gasteiger partial charge in [0.2, 0.25) is 5.91 Å². The fourth-order valence-corrected chi connectivity index (χ4v) is 4.55. The van der Waals surface area contributed by atoms with Crippen molar-refractivity contribution in [1.29, 1.82) is 0 Å². The van der Waals surface area contributed by atoms with E-state index in [4.69, 9.17) is 0 Å². The Kier molecular flexibility index (Phi) is 1.86. The van der Waals surface area contributed by atoms with Crippen molar-refractivity contribution in [1.82, 2.24) is 5.32 Å². The Morgan fingerprint density at radius 2 is 1.93 bits per heavy atom. The van der Waals surface area contributed by atoms with Crippen LogP contribution in [0.1, 0.15) is 32.1 Å². The quantitative estimate of drug-likeness (QED) is 0.676. The van der Waals surface area contributed by atoms with Crippen LogP contribution >= 0.6 is 0 Å². The lowest BCUT2D eigenvalue weighted by atomic mass is 9.75. The van der Waals surface area contributed by atoms with E-state index < -0.39 is 0 Å². The predicted octanol–water partition coefficient (Wildman–Crippen LogP) is 1.80. The summed E-state index contributed by atoms with van der Waals surface area (Å²) in [6.07, 6.45) is 6.81. The molecule has 0 radical (unpaired) electrons. The molecule has 2 bridgehead atoms. The van der Waals surface area contributed by atoms with Crippen molar-refractivity contribution >= 4 is 5.91 Å². The first-order chi connectivity index (χ1) is 6.81. The van der Waals surface area contributed by atoms with E-state index in [-0.39, 0.29) is 0 Å². The number of hydrogen-bond donors (Lipinski definition) is 1. The first-order valence-electron chi connectivity index (χ1n) is 6.03. The number of fused-ring (bicyclic) bond motifs is 5. The molecule has 0 aliphatic heterocycles. The second-order valence-corrected chi connectivity index (χ2v) is 5.37. The van der Waals surface area contributed by atoms with Gasteiger partial charge in [0.1, 0.15) is 0 Å². The largest absolute Gasteiger partial charge is 0.359 e. The van der Waals surface area contributed by atoms with Crippen LogP contribution in [0.25, 0.3) is 0 Å². The summed E-state index contributed by atoms with van der Waals surface area (Å²) >= 11 is 0. The van der Waals surface area contributed by atoms with Crippen molar-refractivity contribution in [3.63, 3.8) is 0 Å². The smallest absolute Gasteiger partial charge is 0.223 e. The fraction of sp³-hybridized carbons (Fsp3) is 0.917. The molecule has 14 heavy (non-hydrogen) atoms. The Bertz CT molecular complexity index is 263. The number of amides is 1. The third kappa shape index (κ3) is 0.999. The number of nitrogens with one attached hydrogen (secondary N) is 1. The maximum atomic E-state index is 11.7. The van der Waals surface area contributed by atoms with Gasteiger partial charge in [0.05, 0.1) is 0 Å². The predicted molar refractivity (Wildman–Crippen MR) is 54.6 cm³/mol. The molecular weight excluding hydrogens is 174 g/mol. The summed E-state index contributed by atoms with van der Waals surface area (Å²) in [6, 6.07) is 0. The Labute approximate surface area is 85.4 Å². The molecule has 1 N–H and O–H groups in total. The molecule has 1 amide bonds. The first kappa shape index (κ1) is 8.75. The summed E-state index contributed by atoms with van der Waals surface area (Å²) in [5.74, 6) is 4.23. The van der Waals surface area contributed by atoms with Crippen LogP contribution in [-0.4, -0.2) is 13.0 Å². The highest BCUT2D eigenvalue weighted by molar-refractivity contribution is 5.79. The standard InChI is InChI=1S/C12H19NO/c1-13-12(14)11-6-7-5-10(11)9-4-2-3-8(7)9/h7-11H,2-6H2,1H3,(H,13,14). The van der Waals surface area contributed by atoms with Crippen LogP contribution in [-0.2, 0) is 4.79 Å². The van der Waals surface area contributed by atoms with Gasteiger partial charge in [-0.15, -0.1) is 0 Å². The molecule has 0 spiro atoms. The molecule has 5 atom stereocenters. The molecule has 0 aromatic heterocycles. The molecule has 0 saturated heterocycles. The van der Waals surface area contributed by atoms with E-state index in [2.05, 4.69) is 5.32 Å². The second kappa shape index (κ2) is 2.98. The molecule has 0 heterocycles. The van der Waals surface area contributed by atoms with Gasteiger partial charge >= 0.3 is 0 Å². The topological polar surface area (TPSA) is 29.1 Å². The summed E-state index contributed by atoms with van der Waals surface area (Å²) in [4.78, 5) is 11.7.